The van der Waals surface area contributed by atoms with E-state index in [0.717, 1.165) is 30.9 Å². The van der Waals surface area contributed by atoms with Crippen molar-refractivity contribution in [2.45, 2.75) is 70.4 Å². The van der Waals surface area contributed by atoms with Gasteiger partial charge in [-0.1, -0.05) is 62.2 Å². The molecule has 1 saturated carbocycles. The molecule has 0 atom stereocenters. The third kappa shape index (κ3) is 7.31. The van der Waals surface area contributed by atoms with Gasteiger partial charge in [0.15, 0.2) is 11.6 Å². The van der Waals surface area contributed by atoms with Crippen molar-refractivity contribution in [1.29, 1.82) is 0 Å². The molecule has 0 N–H and O–H groups in total. The van der Waals surface area contributed by atoms with Crippen molar-refractivity contribution in [3.05, 3.63) is 100 Å². The van der Waals surface area contributed by atoms with Crippen LogP contribution in [0, 0.1) is 23.4 Å². The maximum Gasteiger partial charge on any atom is 0.412 e. The maximum atomic E-state index is 15.0. The van der Waals surface area contributed by atoms with Gasteiger partial charge in [0.2, 0.25) is 0 Å². The molecule has 0 bridgehead atoms. The van der Waals surface area contributed by atoms with Crippen LogP contribution in [0.3, 0.4) is 0 Å². The molecule has 1 aliphatic rings. The van der Waals surface area contributed by atoms with Gasteiger partial charge >= 0.3 is 6.18 Å². The van der Waals surface area contributed by atoms with Gasteiger partial charge in [-0.15, -0.1) is 0 Å². The van der Waals surface area contributed by atoms with Gasteiger partial charge in [0, 0.05) is 11.1 Å². The van der Waals surface area contributed by atoms with E-state index in [4.69, 9.17) is 0 Å². The molecule has 7 heteroatoms. The number of halogens is 7. The molecule has 0 aromatic heterocycles. The summed E-state index contributed by atoms with van der Waals surface area (Å²) in [4.78, 5) is 0. The summed E-state index contributed by atoms with van der Waals surface area (Å²) in [6, 6.07) is 13.7. The highest BCUT2D eigenvalue weighted by molar-refractivity contribution is 5.65. The lowest BCUT2D eigenvalue weighted by atomic mass is 9.77. The van der Waals surface area contributed by atoms with Crippen LogP contribution in [0.4, 0.5) is 30.7 Å². The van der Waals surface area contributed by atoms with Crippen LogP contribution in [0.1, 0.15) is 73.6 Å². The third-order valence-corrected chi connectivity index (χ3v) is 7.66. The SMILES string of the molecule is CCCC1CCC(c2ccc(-c3ccc(CCc4ccc(/C(F)=C/C(F)(F)F)c(F)c4)c(F)c3F)cc2)CC1. The number of alkyl halides is 3. The number of rotatable bonds is 8. The molecule has 4 rings (SSSR count). The predicted molar refractivity (Wildman–Crippen MR) is 140 cm³/mol. The summed E-state index contributed by atoms with van der Waals surface area (Å²) < 4.78 is 94.9. The quantitative estimate of drug-likeness (QED) is 0.246. The van der Waals surface area contributed by atoms with E-state index in [-0.39, 0.29) is 24.0 Å². The number of aryl methyl sites for hydroxylation is 2. The monoisotopic (exact) mass is 548 g/mol. The number of benzene rings is 3. The molecular weight excluding hydrogens is 517 g/mol. The van der Waals surface area contributed by atoms with E-state index in [1.165, 1.54) is 49.4 Å². The van der Waals surface area contributed by atoms with Gasteiger partial charge in [0.1, 0.15) is 11.6 Å². The highest BCUT2D eigenvalue weighted by atomic mass is 19.4. The zero-order chi connectivity index (χ0) is 28.2. The van der Waals surface area contributed by atoms with Crippen molar-refractivity contribution in [2.24, 2.45) is 5.92 Å². The first kappa shape index (κ1) is 28.9. The van der Waals surface area contributed by atoms with Gasteiger partial charge in [-0.25, -0.2) is 17.6 Å². The summed E-state index contributed by atoms with van der Waals surface area (Å²) in [5.41, 5.74) is 1.54. The first-order chi connectivity index (χ1) is 18.6. The summed E-state index contributed by atoms with van der Waals surface area (Å²) >= 11 is 0. The fourth-order valence-corrected chi connectivity index (χ4v) is 5.54. The molecular formula is C32H31F7. The zero-order valence-electron chi connectivity index (χ0n) is 21.7. The Kier molecular flexibility index (Phi) is 9.19. The van der Waals surface area contributed by atoms with Crippen LogP contribution in [0.5, 0.6) is 0 Å². The van der Waals surface area contributed by atoms with Gasteiger partial charge in [-0.3, -0.25) is 0 Å². The topological polar surface area (TPSA) is 0 Å². The van der Waals surface area contributed by atoms with E-state index < -0.39 is 41.1 Å². The zero-order valence-corrected chi connectivity index (χ0v) is 21.7. The standard InChI is InChI=1S/C32H31F7/c1-2-3-20-4-8-22(9-5-20)23-11-13-24(14-12-23)26-17-15-25(30(35)31(26)36)10-6-21-7-16-27(28(33)18-21)29(34)19-32(37,38)39/h7,11-20,22H,2-6,8-10H2,1H3/b29-19-. The molecule has 3 aromatic carbocycles. The van der Waals surface area contributed by atoms with E-state index in [0.29, 0.717) is 17.0 Å². The van der Waals surface area contributed by atoms with Crippen molar-refractivity contribution >= 4 is 5.83 Å². The average Bonchev–Trinajstić information content (AvgIpc) is 2.89. The molecule has 3 aromatic rings. The predicted octanol–water partition coefficient (Wildman–Crippen LogP) is 10.5. The van der Waals surface area contributed by atoms with Gasteiger partial charge in [-0.2, -0.15) is 13.2 Å². The molecule has 0 spiro atoms. The Bertz CT molecular complexity index is 1300. The second kappa shape index (κ2) is 12.4. The molecule has 208 valence electrons. The summed E-state index contributed by atoms with van der Waals surface area (Å²) in [5.74, 6) is -3.56. The number of hydrogen-bond acceptors (Lipinski definition) is 0. The summed E-state index contributed by atoms with van der Waals surface area (Å²) in [5, 5.41) is 0. The maximum absolute atomic E-state index is 15.0. The summed E-state index contributed by atoms with van der Waals surface area (Å²) in [6.45, 7) is 2.22. The molecule has 0 unspecified atom stereocenters. The van der Waals surface area contributed by atoms with Crippen molar-refractivity contribution in [3.8, 4) is 11.1 Å². The Balaban J connectivity index is 1.42. The molecule has 0 radical (unpaired) electrons. The fraction of sp³-hybridized carbons (Fsp3) is 0.375. The van der Waals surface area contributed by atoms with Crippen LogP contribution in [-0.2, 0) is 12.8 Å². The smallest absolute Gasteiger partial charge is 0.206 e. The van der Waals surface area contributed by atoms with Crippen LogP contribution in [0.25, 0.3) is 17.0 Å². The second-order valence-electron chi connectivity index (χ2n) is 10.4. The fourth-order valence-electron chi connectivity index (χ4n) is 5.54. The molecule has 1 fully saturated rings. The van der Waals surface area contributed by atoms with Crippen LogP contribution >= 0.6 is 0 Å². The lowest BCUT2D eigenvalue weighted by molar-refractivity contribution is -0.0798. The van der Waals surface area contributed by atoms with Crippen LogP contribution < -0.4 is 0 Å². The van der Waals surface area contributed by atoms with E-state index in [2.05, 4.69) is 6.92 Å². The van der Waals surface area contributed by atoms with E-state index in [9.17, 15) is 26.3 Å². The molecule has 0 nitrogen and oxygen atoms in total. The number of allylic oxidation sites excluding steroid dienone is 1. The first-order valence-electron chi connectivity index (χ1n) is 13.4. The Hall–Kier alpha value is -3.09. The third-order valence-electron chi connectivity index (χ3n) is 7.66. The minimum atomic E-state index is -4.92. The van der Waals surface area contributed by atoms with Gasteiger partial charge in [0.05, 0.1) is 6.08 Å². The van der Waals surface area contributed by atoms with Crippen molar-refractivity contribution in [1.82, 2.24) is 0 Å². The Morgan fingerprint density at radius 1 is 0.846 bits per heavy atom. The van der Waals surface area contributed by atoms with E-state index >= 15 is 4.39 Å². The van der Waals surface area contributed by atoms with Crippen molar-refractivity contribution in [2.75, 3.05) is 0 Å². The summed E-state index contributed by atoms with van der Waals surface area (Å²) in [7, 11) is 0. The van der Waals surface area contributed by atoms with Gasteiger partial charge in [0.25, 0.3) is 0 Å². The summed E-state index contributed by atoms with van der Waals surface area (Å²) in [6.07, 6.45) is 1.82. The minimum absolute atomic E-state index is 0.0301. The van der Waals surface area contributed by atoms with Crippen molar-refractivity contribution < 1.29 is 30.7 Å². The molecule has 0 amide bonds. The largest absolute Gasteiger partial charge is 0.412 e. The molecule has 1 aliphatic carbocycles. The lowest BCUT2D eigenvalue weighted by Gasteiger charge is -2.28. The highest BCUT2D eigenvalue weighted by Crippen LogP contribution is 2.38. The van der Waals surface area contributed by atoms with Gasteiger partial charge in [-0.05, 0) is 84.7 Å². The van der Waals surface area contributed by atoms with Crippen LogP contribution in [-0.4, -0.2) is 6.18 Å². The average molecular weight is 549 g/mol. The molecule has 0 heterocycles. The normalized spacial score (nSPS) is 18.4. The van der Waals surface area contributed by atoms with Crippen LogP contribution in [0.15, 0.2) is 60.7 Å². The van der Waals surface area contributed by atoms with Crippen molar-refractivity contribution in [3.63, 3.8) is 0 Å². The Morgan fingerprint density at radius 2 is 1.54 bits per heavy atom. The highest BCUT2D eigenvalue weighted by Gasteiger charge is 2.26. The Morgan fingerprint density at radius 3 is 2.15 bits per heavy atom. The second-order valence-corrected chi connectivity index (χ2v) is 10.4. The molecule has 0 aliphatic heterocycles. The van der Waals surface area contributed by atoms with E-state index in [1.54, 1.807) is 0 Å². The van der Waals surface area contributed by atoms with Gasteiger partial charge < -0.3 is 0 Å². The molecule has 0 saturated heterocycles. The van der Waals surface area contributed by atoms with E-state index in [1.807, 2.05) is 24.3 Å². The Labute approximate surface area is 224 Å². The molecule has 39 heavy (non-hydrogen) atoms. The minimum Gasteiger partial charge on any atom is -0.206 e. The lowest BCUT2D eigenvalue weighted by Crippen LogP contribution is -2.13. The number of hydrogen-bond donors (Lipinski definition) is 0. The van der Waals surface area contributed by atoms with Crippen LogP contribution in [0.2, 0.25) is 0 Å². The first-order valence-corrected chi connectivity index (χ1v) is 13.4.